The number of nitrogens with zero attached hydrogens (tertiary/aromatic N) is 2. The Kier molecular flexibility index (Phi) is 5.71. The van der Waals surface area contributed by atoms with E-state index in [9.17, 15) is 4.79 Å². The van der Waals surface area contributed by atoms with Crippen LogP contribution in [0.2, 0.25) is 5.02 Å². The molecule has 0 saturated carbocycles. The van der Waals surface area contributed by atoms with Crippen molar-refractivity contribution >= 4 is 28.5 Å². The quantitative estimate of drug-likeness (QED) is 0.646. The second kappa shape index (κ2) is 8.17. The molecule has 25 heavy (non-hydrogen) atoms. The van der Waals surface area contributed by atoms with Gasteiger partial charge in [0, 0.05) is 18.0 Å². The van der Waals surface area contributed by atoms with Gasteiger partial charge in [0.15, 0.2) is 0 Å². The van der Waals surface area contributed by atoms with Gasteiger partial charge < -0.3 is 9.88 Å². The number of aromatic nitrogens is 2. The molecule has 1 aromatic heterocycles. The van der Waals surface area contributed by atoms with Crippen LogP contribution in [-0.2, 0) is 17.8 Å². The van der Waals surface area contributed by atoms with Crippen molar-refractivity contribution in [2.24, 2.45) is 0 Å². The molecule has 1 N–H and O–H groups in total. The van der Waals surface area contributed by atoms with E-state index in [0.29, 0.717) is 18.0 Å². The monoisotopic (exact) mass is 355 g/mol. The summed E-state index contributed by atoms with van der Waals surface area (Å²) in [5, 5.41) is 3.69. The van der Waals surface area contributed by atoms with E-state index in [4.69, 9.17) is 16.6 Å². The molecule has 0 spiro atoms. The lowest BCUT2D eigenvalue weighted by Crippen LogP contribution is -2.29. The highest BCUT2D eigenvalue weighted by atomic mass is 35.5. The van der Waals surface area contributed by atoms with Crippen molar-refractivity contribution in [1.29, 1.82) is 0 Å². The average Bonchev–Trinajstić information content (AvgIpc) is 2.95. The Hall–Kier alpha value is -2.33. The van der Waals surface area contributed by atoms with Gasteiger partial charge in [-0.15, -0.1) is 0 Å². The molecule has 3 aromatic rings. The maximum Gasteiger partial charge on any atom is 0.240 e. The minimum Gasteiger partial charge on any atom is -0.355 e. The lowest BCUT2D eigenvalue weighted by Gasteiger charge is -2.10. The molecule has 0 bridgehead atoms. The first kappa shape index (κ1) is 17.5. The summed E-state index contributed by atoms with van der Waals surface area (Å²) in [5.41, 5.74) is 2.87. The van der Waals surface area contributed by atoms with Crippen LogP contribution in [0.25, 0.3) is 11.0 Å². The van der Waals surface area contributed by atoms with Crippen molar-refractivity contribution in [3.63, 3.8) is 0 Å². The molecular formula is C20H22ClN3O. The molecule has 0 atom stereocenters. The highest BCUT2D eigenvalue weighted by Crippen LogP contribution is 2.22. The smallest absolute Gasteiger partial charge is 0.240 e. The maximum absolute atomic E-state index is 12.3. The van der Waals surface area contributed by atoms with Crippen LogP contribution < -0.4 is 5.32 Å². The maximum atomic E-state index is 12.3. The van der Waals surface area contributed by atoms with Crippen LogP contribution in [0.3, 0.4) is 0 Å². The SMILES string of the molecule is CCCCNC(=O)Cn1c(Cc2ccccc2Cl)nc2ccccc21. The molecule has 0 radical (unpaired) electrons. The van der Waals surface area contributed by atoms with Gasteiger partial charge in [-0.05, 0) is 30.2 Å². The van der Waals surface area contributed by atoms with Crippen molar-refractivity contribution < 1.29 is 4.79 Å². The Bertz CT molecular complexity index is 872. The Morgan fingerprint density at radius 3 is 2.72 bits per heavy atom. The summed E-state index contributed by atoms with van der Waals surface area (Å²) in [6.45, 7) is 3.09. The molecule has 0 fully saturated rings. The average molecular weight is 356 g/mol. The molecule has 0 aliphatic rings. The number of halogens is 1. The summed E-state index contributed by atoms with van der Waals surface area (Å²) < 4.78 is 1.99. The lowest BCUT2D eigenvalue weighted by molar-refractivity contribution is -0.121. The van der Waals surface area contributed by atoms with Gasteiger partial charge in [0.05, 0.1) is 11.0 Å². The summed E-state index contributed by atoms with van der Waals surface area (Å²) in [6.07, 6.45) is 2.64. The highest BCUT2D eigenvalue weighted by molar-refractivity contribution is 6.31. The second-order valence-corrected chi connectivity index (χ2v) is 6.48. The molecule has 2 aromatic carbocycles. The number of benzene rings is 2. The standard InChI is InChI=1S/C20H22ClN3O/c1-2-3-12-22-20(25)14-24-18-11-7-6-10-17(18)23-19(24)13-15-8-4-5-9-16(15)21/h4-11H,2-3,12-14H2,1H3,(H,22,25). The van der Waals surface area contributed by atoms with E-state index in [0.717, 1.165) is 35.3 Å². The van der Waals surface area contributed by atoms with Gasteiger partial charge in [0.2, 0.25) is 5.91 Å². The minimum atomic E-state index is 0.0111. The zero-order valence-electron chi connectivity index (χ0n) is 14.3. The van der Waals surface area contributed by atoms with Crippen molar-refractivity contribution in [1.82, 2.24) is 14.9 Å². The number of hydrogen-bond donors (Lipinski definition) is 1. The van der Waals surface area contributed by atoms with Gasteiger partial charge in [-0.25, -0.2) is 4.98 Å². The molecule has 1 amide bonds. The third-order valence-electron chi connectivity index (χ3n) is 4.19. The zero-order valence-corrected chi connectivity index (χ0v) is 15.1. The molecule has 0 saturated heterocycles. The molecule has 0 aliphatic carbocycles. The number of para-hydroxylation sites is 2. The molecule has 0 unspecified atom stereocenters. The van der Waals surface area contributed by atoms with Crippen molar-refractivity contribution in [2.75, 3.05) is 6.54 Å². The number of hydrogen-bond acceptors (Lipinski definition) is 2. The number of nitrogens with one attached hydrogen (secondary N) is 1. The molecule has 0 aliphatic heterocycles. The van der Waals surface area contributed by atoms with Gasteiger partial charge in [0.1, 0.15) is 12.4 Å². The molecular weight excluding hydrogens is 334 g/mol. The van der Waals surface area contributed by atoms with Crippen molar-refractivity contribution in [3.05, 3.63) is 64.9 Å². The Balaban J connectivity index is 1.89. The normalized spacial score (nSPS) is 11.0. The van der Waals surface area contributed by atoms with Crippen molar-refractivity contribution in [3.8, 4) is 0 Å². The zero-order chi connectivity index (χ0) is 17.6. The number of carbonyl (C=O) groups excluding carboxylic acids is 1. The van der Waals surface area contributed by atoms with E-state index in [2.05, 4.69) is 12.2 Å². The number of unbranched alkanes of at least 4 members (excludes halogenated alkanes) is 1. The summed E-state index contributed by atoms with van der Waals surface area (Å²) in [7, 11) is 0. The summed E-state index contributed by atoms with van der Waals surface area (Å²) in [4.78, 5) is 17.0. The van der Waals surface area contributed by atoms with Crippen molar-refractivity contribution in [2.45, 2.75) is 32.7 Å². The van der Waals surface area contributed by atoms with Gasteiger partial charge >= 0.3 is 0 Å². The van der Waals surface area contributed by atoms with Gasteiger partial charge in [0.25, 0.3) is 0 Å². The Morgan fingerprint density at radius 2 is 1.92 bits per heavy atom. The number of fused-ring (bicyclic) bond motifs is 1. The van der Waals surface area contributed by atoms with Crippen LogP contribution in [0.5, 0.6) is 0 Å². The topological polar surface area (TPSA) is 46.9 Å². The van der Waals surface area contributed by atoms with Crippen LogP contribution >= 0.6 is 11.6 Å². The largest absolute Gasteiger partial charge is 0.355 e. The van der Waals surface area contributed by atoms with E-state index in [-0.39, 0.29) is 12.5 Å². The fourth-order valence-electron chi connectivity index (χ4n) is 2.85. The fourth-order valence-corrected chi connectivity index (χ4v) is 3.06. The minimum absolute atomic E-state index is 0.0111. The van der Waals surface area contributed by atoms with Crippen LogP contribution in [0.1, 0.15) is 31.2 Å². The highest BCUT2D eigenvalue weighted by Gasteiger charge is 2.14. The second-order valence-electron chi connectivity index (χ2n) is 6.07. The number of rotatable bonds is 7. The van der Waals surface area contributed by atoms with Gasteiger partial charge in [-0.3, -0.25) is 4.79 Å². The first-order valence-electron chi connectivity index (χ1n) is 8.63. The number of amides is 1. The molecule has 1 heterocycles. The van der Waals surface area contributed by atoms with Crippen LogP contribution in [0.4, 0.5) is 0 Å². The van der Waals surface area contributed by atoms with Gasteiger partial charge in [-0.1, -0.05) is 55.3 Å². The van der Waals surface area contributed by atoms with E-state index < -0.39 is 0 Å². The molecule has 4 nitrogen and oxygen atoms in total. The first-order valence-corrected chi connectivity index (χ1v) is 9.01. The van der Waals surface area contributed by atoms with Gasteiger partial charge in [-0.2, -0.15) is 0 Å². The molecule has 5 heteroatoms. The summed E-state index contributed by atoms with van der Waals surface area (Å²) >= 11 is 6.30. The molecule has 3 rings (SSSR count). The van der Waals surface area contributed by atoms with Crippen LogP contribution in [0.15, 0.2) is 48.5 Å². The van der Waals surface area contributed by atoms with E-state index >= 15 is 0 Å². The summed E-state index contributed by atoms with van der Waals surface area (Å²) in [5.74, 6) is 0.858. The Labute approximate surface area is 152 Å². The van der Waals surface area contributed by atoms with Crippen LogP contribution in [-0.4, -0.2) is 22.0 Å². The van der Waals surface area contributed by atoms with E-state index in [1.807, 2.05) is 53.1 Å². The lowest BCUT2D eigenvalue weighted by atomic mass is 10.1. The van der Waals surface area contributed by atoms with E-state index in [1.54, 1.807) is 0 Å². The summed E-state index contributed by atoms with van der Waals surface area (Å²) in [6, 6.07) is 15.6. The fraction of sp³-hybridized carbons (Fsp3) is 0.300. The third-order valence-corrected chi connectivity index (χ3v) is 4.56. The first-order chi connectivity index (χ1) is 12.2. The third kappa shape index (κ3) is 4.20. The predicted octanol–water partition coefficient (Wildman–Crippen LogP) is 4.20. The molecule has 130 valence electrons. The number of imidazole rings is 1. The Morgan fingerprint density at radius 1 is 1.16 bits per heavy atom. The predicted molar refractivity (Wildman–Crippen MR) is 102 cm³/mol. The van der Waals surface area contributed by atoms with Crippen LogP contribution in [0, 0.1) is 0 Å². The number of carbonyl (C=O) groups is 1. The van der Waals surface area contributed by atoms with E-state index in [1.165, 1.54) is 0 Å².